The molecule has 3 atom stereocenters. The molecule has 0 radical (unpaired) electrons. The molecular formula is C27H24BrNO3S. The predicted octanol–water partition coefficient (Wildman–Crippen LogP) is 5.24. The highest BCUT2D eigenvalue weighted by Gasteiger charge is 2.52. The van der Waals surface area contributed by atoms with E-state index in [1.165, 1.54) is 0 Å². The standard InChI is InChI=1S/C27H24BrNO3S/c1-19-11-13-21(14-12-19)33(31,32)29-17-24(28)26(20-7-3-2-4-8-20)27(18-29)16-15-25(30)22-9-5-6-10-23(22)27/h2-16,24,26H,17-18H2,1H3/t24-,26+,27?/m0/s1. The topological polar surface area (TPSA) is 54.5 Å². The monoisotopic (exact) mass is 521 g/mol. The summed E-state index contributed by atoms with van der Waals surface area (Å²) in [7, 11) is -3.72. The number of carbonyl (C=O) groups excluding carboxylic acids is 1. The molecule has 0 bridgehead atoms. The summed E-state index contributed by atoms with van der Waals surface area (Å²) in [5.41, 5.74) is 2.94. The van der Waals surface area contributed by atoms with Gasteiger partial charge in [-0.1, -0.05) is 94.3 Å². The molecule has 1 spiro atoms. The maximum Gasteiger partial charge on any atom is 0.243 e. The van der Waals surface area contributed by atoms with Crippen molar-refractivity contribution in [1.29, 1.82) is 0 Å². The molecule has 0 N–H and O–H groups in total. The third kappa shape index (κ3) is 3.70. The molecule has 1 aliphatic carbocycles. The Kier molecular flexibility index (Phi) is 5.63. The van der Waals surface area contributed by atoms with Crippen molar-refractivity contribution in [3.8, 4) is 0 Å². The largest absolute Gasteiger partial charge is 0.289 e. The molecule has 3 aromatic rings. The van der Waals surface area contributed by atoms with Crippen LogP contribution in [0.25, 0.3) is 0 Å². The zero-order valence-corrected chi connectivity index (χ0v) is 20.6. The van der Waals surface area contributed by atoms with E-state index in [9.17, 15) is 13.2 Å². The first-order valence-electron chi connectivity index (χ1n) is 10.9. The van der Waals surface area contributed by atoms with Gasteiger partial charge in [-0.2, -0.15) is 4.31 Å². The summed E-state index contributed by atoms with van der Waals surface area (Å²) in [4.78, 5) is 12.9. The minimum atomic E-state index is -3.72. The van der Waals surface area contributed by atoms with E-state index in [-0.39, 0.29) is 28.0 Å². The number of carbonyl (C=O) groups is 1. The molecule has 1 saturated heterocycles. The van der Waals surface area contributed by atoms with E-state index in [0.29, 0.717) is 12.1 Å². The third-order valence-electron chi connectivity index (χ3n) is 6.78. The van der Waals surface area contributed by atoms with Crippen molar-refractivity contribution in [2.24, 2.45) is 0 Å². The predicted molar refractivity (Wildman–Crippen MR) is 133 cm³/mol. The first-order valence-corrected chi connectivity index (χ1v) is 13.3. The number of benzene rings is 3. The van der Waals surface area contributed by atoms with E-state index in [2.05, 4.69) is 28.1 Å². The lowest BCUT2D eigenvalue weighted by molar-refractivity contribution is 0.103. The Hall–Kier alpha value is -2.54. The number of hydrogen-bond donors (Lipinski definition) is 0. The number of ketones is 1. The van der Waals surface area contributed by atoms with Gasteiger partial charge < -0.3 is 0 Å². The summed E-state index contributed by atoms with van der Waals surface area (Å²) in [6.45, 7) is 2.53. The van der Waals surface area contributed by atoms with Gasteiger partial charge in [-0.05, 0) is 36.3 Å². The average Bonchev–Trinajstić information content (AvgIpc) is 2.82. The third-order valence-corrected chi connectivity index (χ3v) is 9.42. The van der Waals surface area contributed by atoms with Crippen LogP contribution in [0.1, 0.15) is 33.0 Å². The van der Waals surface area contributed by atoms with Crippen molar-refractivity contribution in [3.63, 3.8) is 0 Å². The Labute approximate surface area is 203 Å². The fourth-order valence-corrected chi connectivity index (χ4v) is 8.04. The van der Waals surface area contributed by atoms with Crippen LogP contribution < -0.4 is 0 Å². The number of allylic oxidation sites excluding steroid dienone is 1. The number of halogens is 1. The molecule has 0 amide bonds. The number of aryl methyl sites for hydroxylation is 1. The number of piperidine rings is 1. The molecule has 2 aliphatic rings. The summed E-state index contributed by atoms with van der Waals surface area (Å²) in [5, 5.41) is 0. The van der Waals surface area contributed by atoms with Gasteiger partial charge in [-0.15, -0.1) is 0 Å². The number of rotatable bonds is 3. The Morgan fingerprint density at radius 1 is 0.939 bits per heavy atom. The van der Waals surface area contributed by atoms with Crippen molar-refractivity contribution < 1.29 is 13.2 Å². The van der Waals surface area contributed by atoms with E-state index in [1.54, 1.807) is 22.5 Å². The van der Waals surface area contributed by atoms with Gasteiger partial charge in [-0.25, -0.2) is 8.42 Å². The Balaban J connectivity index is 1.69. The van der Waals surface area contributed by atoms with Crippen LogP contribution in [0.2, 0.25) is 0 Å². The van der Waals surface area contributed by atoms with E-state index in [0.717, 1.165) is 16.7 Å². The normalized spacial score (nSPS) is 25.2. The maximum atomic E-state index is 13.7. The second-order valence-corrected chi connectivity index (χ2v) is 11.9. The summed E-state index contributed by atoms with van der Waals surface area (Å²) >= 11 is 3.86. The van der Waals surface area contributed by atoms with Crippen molar-refractivity contribution in [2.75, 3.05) is 13.1 Å². The quantitative estimate of drug-likeness (QED) is 0.443. The molecule has 0 aromatic heterocycles. The van der Waals surface area contributed by atoms with Crippen LogP contribution in [0.3, 0.4) is 0 Å². The lowest BCUT2D eigenvalue weighted by atomic mass is 9.61. The summed E-state index contributed by atoms with van der Waals surface area (Å²) in [6.07, 6.45) is 3.54. The maximum absolute atomic E-state index is 13.7. The number of fused-ring (bicyclic) bond motifs is 2. The van der Waals surface area contributed by atoms with Crippen LogP contribution in [0.15, 0.2) is 95.9 Å². The molecule has 4 nitrogen and oxygen atoms in total. The number of hydrogen-bond acceptors (Lipinski definition) is 3. The smallest absolute Gasteiger partial charge is 0.243 e. The molecule has 33 heavy (non-hydrogen) atoms. The van der Waals surface area contributed by atoms with Gasteiger partial charge in [0, 0.05) is 34.8 Å². The van der Waals surface area contributed by atoms with Gasteiger partial charge >= 0.3 is 0 Å². The highest BCUT2D eigenvalue weighted by atomic mass is 79.9. The van der Waals surface area contributed by atoms with E-state index in [4.69, 9.17) is 0 Å². The molecule has 1 aliphatic heterocycles. The lowest BCUT2D eigenvalue weighted by Crippen LogP contribution is -2.57. The number of alkyl halides is 1. The molecule has 0 saturated carbocycles. The van der Waals surface area contributed by atoms with Crippen LogP contribution >= 0.6 is 15.9 Å². The van der Waals surface area contributed by atoms with Gasteiger partial charge in [0.1, 0.15) is 0 Å². The molecular weight excluding hydrogens is 498 g/mol. The van der Waals surface area contributed by atoms with Gasteiger partial charge in [0.2, 0.25) is 10.0 Å². The molecule has 5 rings (SSSR count). The molecule has 1 heterocycles. The second-order valence-electron chi connectivity index (χ2n) is 8.80. The van der Waals surface area contributed by atoms with Crippen LogP contribution in [0, 0.1) is 6.92 Å². The number of sulfonamides is 1. The van der Waals surface area contributed by atoms with Gasteiger partial charge in [0.15, 0.2) is 5.78 Å². The Bertz CT molecular complexity index is 1340. The van der Waals surface area contributed by atoms with E-state index >= 15 is 0 Å². The minimum Gasteiger partial charge on any atom is -0.289 e. The molecule has 168 valence electrons. The number of nitrogens with zero attached hydrogens (tertiary/aromatic N) is 1. The van der Waals surface area contributed by atoms with E-state index in [1.807, 2.05) is 67.6 Å². The molecule has 6 heteroatoms. The first kappa shape index (κ1) is 22.3. The summed E-state index contributed by atoms with van der Waals surface area (Å²) < 4.78 is 29.0. The van der Waals surface area contributed by atoms with Gasteiger partial charge in [0.25, 0.3) is 0 Å². The molecule has 1 fully saturated rings. The summed E-state index contributed by atoms with van der Waals surface area (Å²) in [5.74, 6) is -0.0960. The summed E-state index contributed by atoms with van der Waals surface area (Å²) in [6, 6.07) is 24.7. The Morgan fingerprint density at radius 3 is 2.33 bits per heavy atom. The van der Waals surface area contributed by atoms with Crippen LogP contribution in [0.4, 0.5) is 0 Å². The van der Waals surface area contributed by atoms with Crippen molar-refractivity contribution in [1.82, 2.24) is 4.31 Å². The van der Waals surface area contributed by atoms with Gasteiger partial charge in [-0.3, -0.25) is 4.79 Å². The van der Waals surface area contributed by atoms with Crippen molar-refractivity contribution >= 4 is 31.7 Å². The van der Waals surface area contributed by atoms with Crippen LogP contribution in [-0.2, 0) is 15.4 Å². The van der Waals surface area contributed by atoms with Crippen LogP contribution in [0.5, 0.6) is 0 Å². The highest BCUT2D eigenvalue weighted by molar-refractivity contribution is 9.09. The highest BCUT2D eigenvalue weighted by Crippen LogP contribution is 2.51. The SMILES string of the molecule is Cc1ccc(S(=O)(=O)N2C[C@H](Br)[C@@H](c3ccccc3)C3(C=CC(=O)c4ccccc43)C2)cc1. The van der Waals surface area contributed by atoms with E-state index < -0.39 is 15.4 Å². The molecule has 3 aromatic carbocycles. The fourth-order valence-electron chi connectivity index (χ4n) is 5.20. The average molecular weight is 522 g/mol. The zero-order valence-electron chi connectivity index (χ0n) is 18.2. The lowest BCUT2D eigenvalue weighted by Gasteiger charge is -2.50. The minimum absolute atomic E-state index is 0.0475. The van der Waals surface area contributed by atoms with Gasteiger partial charge in [0.05, 0.1) is 4.90 Å². The second kappa shape index (κ2) is 8.35. The fraction of sp³-hybridized carbons (Fsp3) is 0.222. The Morgan fingerprint density at radius 2 is 1.61 bits per heavy atom. The first-order chi connectivity index (χ1) is 15.8. The molecule has 1 unspecified atom stereocenters. The van der Waals surface area contributed by atoms with Crippen LogP contribution in [-0.4, -0.2) is 36.4 Å². The van der Waals surface area contributed by atoms with Crippen molar-refractivity contribution in [3.05, 3.63) is 113 Å². The van der Waals surface area contributed by atoms with Crippen molar-refractivity contribution in [2.45, 2.75) is 28.0 Å². The zero-order chi connectivity index (χ0) is 23.2.